The predicted molar refractivity (Wildman–Crippen MR) is 102 cm³/mol. The molecule has 1 saturated heterocycles. The van der Waals surface area contributed by atoms with Gasteiger partial charge in [0.1, 0.15) is 0 Å². The van der Waals surface area contributed by atoms with Crippen LogP contribution in [0.1, 0.15) is 25.3 Å². The van der Waals surface area contributed by atoms with Crippen molar-refractivity contribution in [2.24, 2.45) is 0 Å². The number of hydrogen-bond donors (Lipinski definition) is 1. The van der Waals surface area contributed by atoms with Crippen LogP contribution in [0.4, 0.5) is 0 Å². The fraction of sp³-hybridized carbons (Fsp3) is 0.556. The van der Waals surface area contributed by atoms with Crippen LogP contribution >= 0.6 is 23.4 Å². The number of nitrogens with zero attached hydrogens (tertiary/aromatic N) is 2. The fourth-order valence-electron chi connectivity index (χ4n) is 3.13. The van der Waals surface area contributed by atoms with Crippen LogP contribution in [0.5, 0.6) is 0 Å². The van der Waals surface area contributed by atoms with E-state index in [2.05, 4.69) is 0 Å². The van der Waals surface area contributed by atoms with Crippen molar-refractivity contribution in [2.45, 2.75) is 31.6 Å². The fourth-order valence-corrected chi connectivity index (χ4v) is 4.21. The van der Waals surface area contributed by atoms with Crippen LogP contribution in [-0.4, -0.2) is 64.8 Å². The van der Waals surface area contributed by atoms with Crippen molar-refractivity contribution in [2.75, 3.05) is 31.9 Å². The van der Waals surface area contributed by atoms with Crippen LogP contribution in [0.3, 0.4) is 0 Å². The van der Waals surface area contributed by atoms with Gasteiger partial charge in [0.25, 0.3) is 0 Å². The normalized spacial score (nSPS) is 15.6. The zero-order chi connectivity index (χ0) is 18.2. The van der Waals surface area contributed by atoms with Gasteiger partial charge in [0.15, 0.2) is 0 Å². The Kier molecular flexibility index (Phi) is 8.06. The first-order chi connectivity index (χ1) is 12.0. The van der Waals surface area contributed by atoms with Gasteiger partial charge in [0.05, 0.1) is 12.3 Å². The number of amides is 1. The van der Waals surface area contributed by atoms with Crippen molar-refractivity contribution in [3.05, 3.63) is 34.9 Å². The summed E-state index contributed by atoms with van der Waals surface area (Å²) in [6.07, 6.45) is 1.68. The second-order valence-electron chi connectivity index (χ2n) is 6.19. The number of carboxylic acid groups (broad SMARTS) is 1. The molecule has 5 nitrogen and oxygen atoms in total. The van der Waals surface area contributed by atoms with E-state index in [0.717, 1.165) is 30.7 Å². The Labute approximate surface area is 158 Å². The molecule has 0 spiro atoms. The minimum absolute atomic E-state index is 0.0740. The maximum Gasteiger partial charge on any atom is 0.317 e. The molecule has 138 valence electrons. The molecule has 1 N–H and O–H groups in total. The number of rotatable bonds is 8. The zero-order valence-corrected chi connectivity index (χ0v) is 16.1. The summed E-state index contributed by atoms with van der Waals surface area (Å²) < 4.78 is 0. The zero-order valence-electron chi connectivity index (χ0n) is 14.5. The molecule has 0 radical (unpaired) electrons. The van der Waals surface area contributed by atoms with Gasteiger partial charge in [-0.15, -0.1) is 11.8 Å². The van der Waals surface area contributed by atoms with E-state index in [9.17, 15) is 9.59 Å². The van der Waals surface area contributed by atoms with E-state index < -0.39 is 5.97 Å². The Morgan fingerprint density at radius 1 is 1.36 bits per heavy atom. The van der Waals surface area contributed by atoms with Gasteiger partial charge in [-0.3, -0.25) is 14.5 Å². The molecular formula is C18H25ClN2O3S. The average Bonchev–Trinajstić information content (AvgIpc) is 2.59. The summed E-state index contributed by atoms with van der Waals surface area (Å²) >= 11 is 7.56. The van der Waals surface area contributed by atoms with Gasteiger partial charge < -0.3 is 10.0 Å². The number of thioether (sulfide) groups is 1. The highest BCUT2D eigenvalue weighted by Gasteiger charge is 2.26. The van der Waals surface area contributed by atoms with Crippen molar-refractivity contribution >= 4 is 35.2 Å². The van der Waals surface area contributed by atoms with E-state index in [4.69, 9.17) is 16.7 Å². The summed E-state index contributed by atoms with van der Waals surface area (Å²) in [5.41, 5.74) is 1.12. The average molecular weight is 385 g/mol. The number of carbonyl (C=O) groups excluding carboxylic acids is 1. The molecule has 1 aliphatic rings. The summed E-state index contributed by atoms with van der Waals surface area (Å²) in [5, 5.41) is 9.69. The van der Waals surface area contributed by atoms with Crippen molar-refractivity contribution in [3.63, 3.8) is 0 Å². The molecule has 0 bridgehead atoms. The summed E-state index contributed by atoms with van der Waals surface area (Å²) in [7, 11) is 0. The van der Waals surface area contributed by atoms with E-state index in [1.54, 1.807) is 11.8 Å². The lowest BCUT2D eigenvalue weighted by Gasteiger charge is -2.37. The standard InChI is InChI=1S/C18H25ClN2O3S/c1-2-20(11-18(23)24)16-6-8-21(9-7-16)17(22)13-25-12-14-4-3-5-15(19)10-14/h3-5,10,16H,2,6-9,11-13H2,1H3,(H,23,24). The Balaban J connectivity index is 1.72. The maximum atomic E-state index is 12.4. The third-order valence-electron chi connectivity index (χ3n) is 4.46. The number of carbonyl (C=O) groups is 2. The SMILES string of the molecule is CCN(CC(=O)O)C1CCN(C(=O)CSCc2cccc(Cl)c2)CC1. The van der Waals surface area contributed by atoms with Gasteiger partial charge >= 0.3 is 5.97 Å². The van der Waals surface area contributed by atoms with Gasteiger partial charge in [-0.25, -0.2) is 0 Å². The summed E-state index contributed by atoms with van der Waals surface area (Å²) in [5.74, 6) is 0.596. The van der Waals surface area contributed by atoms with Gasteiger partial charge in [-0.1, -0.05) is 30.7 Å². The number of likely N-dealkylation sites (tertiary alicyclic amines) is 1. The first-order valence-corrected chi connectivity index (χ1v) is 10.1. The molecule has 0 aromatic heterocycles. The number of benzene rings is 1. The molecule has 25 heavy (non-hydrogen) atoms. The molecule has 1 amide bonds. The van der Waals surface area contributed by atoms with Crippen LogP contribution < -0.4 is 0 Å². The third-order valence-corrected chi connectivity index (χ3v) is 5.69. The van der Waals surface area contributed by atoms with Crippen LogP contribution in [0.2, 0.25) is 5.02 Å². The third kappa shape index (κ3) is 6.53. The lowest BCUT2D eigenvalue weighted by atomic mass is 10.0. The molecule has 0 aliphatic carbocycles. The van der Waals surface area contributed by atoms with Crippen molar-refractivity contribution in [1.29, 1.82) is 0 Å². The van der Waals surface area contributed by atoms with Gasteiger partial charge in [0.2, 0.25) is 5.91 Å². The molecule has 0 atom stereocenters. The largest absolute Gasteiger partial charge is 0.480 e. The quantitative estimate of drug-likeness (QED) is 0.746. The van der Waals surface area contributed by atoms with Crippen molar-refractivity contribution < 1.29 is 14.7 Å². The molecule has 0 unspecified atom stereocenters. The topological polar surface area (TPSA) is 60.9 Å². The number of halogens is 1. The number of likely N-dealkylation sites (N-methyl/N-ethyl adjacent to an activating group) is 1. The molecule has 7 heteroatoms. The van der Waals surface area contributed by atoms with E-state index >= 15 is 0 Å². The van der Waals surface area contributed by atoms with Crippen LogP contribution in [0, 0.1) is 0 Å². The van der Waals surface area contributed by atoms with Gasteiger partial charge in [-0.2, -0.15) is 0 Å². The predicted octanol–water partition coefficient (Wildman–Crippen LogP) is 2.97. The smallest absolute Gasteiger partial charge is 0.317 e. The first-order valence-electron chi connectivity index (χ1n) is 8.55. The molecule has 2 rings (SSSR count). The van der Waals surface area contributed by atoms with Gasteiger partial charge in [-0.05, 0) is 37.1 Å². The van der Waals surface area contributed by atoms with E-state index in [0.29, 0.717) is 23.9 Å². The Morgan fingerprint density at radius 2 is 2.08 bits per heavy atom. The van der Waals surface area contributed by atoms with Crippen LogP contribution in [0.15, 0.2) is 24.3 Å². The van der Waals surface area contributed by atoms with E-state index in [-0.39, 0.29) is 18.5 Å². The number of aliphatic carboxylic acids is 1. The molecule has 1 aliphatic heterocycles. The summed E-state index contributed by atoms with van der Waals surface area (Å²) in [6.45, 7) is 4.19. The minimum atomic E-state index is -0.794. The molecule has 1 heterocycles. The highest BCUT2D eigenvalue weighted by Crippen LogP contribution is 2.20. The summed E-state index contributed by atoms with van der Waals surface area (Å²) in [4.78, 5) is 27.2. The lowest BCUT2D eigenvalue weighted by molar-refractivity contribution is -0.140. The first kappa shape index (κ1) is 20.1. The van der Waals surface area contributed by atoms with Crippen molar-refractivity contribution in [1.82, 2.24) is 9.80 Å². The number of hydrogen-bond acceptors (Lipinski definition) is 4. The maximum absolute atomic E-state index is 12.4. The second kappa shape index (κ2) is 10.0. The summed E-state index contributed by atoms with van der Waals surface area (Å²) in [6, 6.07) is 7.95. The number of carboxylic acids is 1. The Morgan fingerprint density at radius 3 is 2.68 bits per heavy atom. The molecule has 0 saturated carbocycles. The highest BCUT2D eigenvalue weighted by molar-refractivity contribution is 7.99. The highest BCUT2D eigenvalue weighted by atomic mass is 35.5. The number of piperidine rings is 1. The minimum Gasteiger partial charge on any atom is -0.480 e. The van der Waals surface area contributed by atoms with E-state index in [1.807, 2.05) is 41.0 Å². The second-order valence-corrected chi connectivity index (χ2v) is 7.61. The molecule has 1 aromatic carbocycles. The molecule has 1 fully saturated rings. The molecular weight excluding hydrogens is 360 g/mol. The van der Waals surface area contributed by atoms with Gasteiger partial charge in [0, 0.05) is 29.9 Å². The Bertz CT molecular complexity index is 591. The van der Waals surface area contributed by atoms with E-state index in [1.165, 1.54) is 0 Å². The lowest BCUT2D eigenvalue weighted by Crippen LogP contribution is -2.48. The molecule has 1 aromatic rings. The Hall–Kier alpha value is -1.24. The van der Waals surface area contributed by atoms with Crippen LogP contribution in [-0.2, 0) is 15.3 Å². The monoisotopic (exact) mass is 384 g/mol. The van der Waals surface area contributed by atoms with Crippen LogP contribution in [0.25, 0.3) is 0 Å². The van der Waals surface area contributed by atoms with Crippen molar-refractivity contribution in [3.8, 4) is 0 Å².